The molecule has 2 aliphatic rings. The van der Waals surface area contributed by atoms with Gasteiger partial charge in [-0.25, -0.2) is 0 Å². The van der Waals surface area contributed by atoms with Gasteiger partial charge in [-0.3, -0.25) is 9.69 Å². The lowest BCUT2D eigenvalue weighted by Gasteiger charge is -2.48. The van der Waals surface area contributed by atoms with Crippen molar-refractivity contribution in [2.45, 2.75) is 38.4 Å². The molecule has 1 aromatic carbocycles. The zero-order valence-electron chi connectivity index (χ0n) is 12.5. The summed E-state index contributed by atoms with van der Waals surface area (Å²) >= 11 is 1.48. The number of rotatable bonds is 4. The first-order chi connectivity index (χ1) is 10.2. The number of benzene rings is 1. The smallest absolute Gasteiger partial charge is 0.185 e. The number of piperidine rings is 1. The van der Waals surface area contributed by atoms with Crippen molar-refractivity contribution in [2.75, 3.05) is 19.0 Å². The lowest BCUT2D eigenvalue weighted by Crippen LogP contribution is -2.56. The Hall–Kier alpha value is -0.840. The first-order valence-corrected chi connectivity index (χ1v) is 8.71. The highest BCUT2D eigenvalue weighted by Crippen LogP contribution is 2.34. The van der Waals surface area contributed by atoms with E-state index in [9.17, 15) is 4.79 Å². The molecule has 0 spiro atoms. The summed E-state index contributed by atoms with van der Waals surface area (Å²) in [7, 11) is 0. The van der Waals surface area contributed by atoms with Crippen LogP contribution in [0.1, 0.15) is 25.3 Å². The van der Waals surface area contributed by atoms with Crippen LogP contribution in [0, 0.1) is 5.92 Å². The first kappa shape index (κ1) is 15.1. The first-order valence-electron chi connectivity index (χ1n) is 7.73. The number of morpholine rings is 1. The summed E-state index contributed by atoms with van der Waals surface area (Å²) < 4.78 is 5.76. The molecule has 114 valence electrons. The number of nitrogens with zero attached hydrogens (tertiary/aromatic N) is 1. The van der Waals surface area contributed by atoms with Crippen molar-refractivity contribution in [3.63, 3.8) is 0 Å². The number of fused-ring (bicyclic) bond motifs is 2. The fraction of sp³-hybridized carbons (Fsp3) is 0.588. The molecule has 0 N–H and O–H groups in total. The highest BCUT2D eigenvalue weighted by Gasteiger charge is 2.38. The number of thioether (sulfide) groups is 1. The summed E-state index contributed by atoms with van der Waals surface area (Å²) in [5, 5.41) is 0.239. The zero-order chi connectivity index (χ0) is 14.7. The van der Waals surface area contributed by atoms with Crippen molar-refractivity contribution in [1.82, 2.24) is 4.90 Å². The van der Waals surface area contributed by atoms with Gasteiger partial charge >= 0.3 is 0 Å². The average molecular weight is 305 g/mol. The van der Waals surface area contributed by atoms with Crippen LogP contribution in [-0.2, 0) is 16.1 Å². The lowest BCUT2D eigenvalue weighted by atomic mass is 9.86. The van der Waals surface area contributed by atoms with Crippen molar-refractivity contribution in [2.24, 2.45) is 5.92 Å². The number of ether oxygens (including phenoxy) is 1. The van der Waals surface area contributed by atoms with Crippen molar-refractivity contribution < 1.29 is 9.53 Å². The Morgan fingerprint density at radius 3 is 2.52 bits per heavy atom. The second kappa shape index (κ2) is 6.95. The minimum atomic E-state index is 0.239. The van der Waals surface area contributed by atoms with E-state index in [-0.39, 0.29) is 5.12 Å². The molecule has 2 bridgehead atoms. The monoisotopic (exact) mass is 305 g/mol. The van der Waals surface area contributed by atoms with Gasteiger partial charge < -0.3 is 4.74 Å². The predicted octanol–water partition coefficient (Wildman–Crippen LogP) is 2.95. The third kappa shape index (κ3) is 3.87. The third-order valence-electron chi connectivity index (χ3n) is 4.50. The number of carbonyl (C=O) groups excluding carboxylic acids is 1. The van der Waals surface area contributed by atoms with Gasteiger partial charge in [-0.2, -0.15) is 0 Å². The van der Waals surface area contributed by atoms with E-state index < -0.39 is 0 Å². The molecule has 2 saturated heterocycles. The van der Waals surface area contributed by atoms with Crippen LogP contribution in [0.5, 0.6) is 0 Å². The SMILES string of the molecule is CC(=O)SCC1CC2COCC(C1)N2Cc1ccccc1. The quantitative estimate of drug-likeness (QED) is 0.855. The van der Waals surface area contributed by atoms with E-state index >= 15 is 0 Å². The Bertz CT molecular complexity index is 465. The van der Waals surface area contributed by atoms with E-state index in [1.165, 1.54) is 17.3 Å². The summed E-state index contributed by atoms with van der Waals surface area (Å²) in [4.78, 5) is 13.8. The average Bonchev–Trinajstić information content (AvgIpc) is 2.46. The van der Waals surface area contributed by atoms with E-state index in [0.29, 0.717) is 18.0 Å². The van der Waals surface area contributed by atoms with Crippen LogP contribution in [0.15, 0.2) is 30.3 Å². The van der Waals surface area contributed by atoms with Crippen LogP contribution in [0.25, 0.3) is 0 Å². The maximum Gasteiger partial charge on any atom is 0.185 e. The molecule has 1 aromatic rings. The van der Waals surface area contributed by atoms with Gasteiger partial charge in [0.15, 0.2) is 5.12 Å². The molecule has 21 heavy (non-hydrogen) atoms. The molecule has 0 aromatic heterocycles. The maximum absolute atomic E-state index is 11.2. The Morgan fingerprint density at radius 1 is 1.24 bits per heavy atom. The molecule has 2 fully saturated rings. The molecular weight excluding hydrogens is 282 g/mol. The molecule has 2 heterocycles. The van der Waals surface area contributed by atoms with Crippen LogP contribution in [0.2, 0.25) is 0 Å². The number of carbonyl (C=O) groups is 1. The second-order valence-corrected chi connectivity index (χ2v) is 7.34. The van der Waals surface area contributed by atoms with Crippen LogP contribution in [0.4, 0.5) is 0 Å². The van der Waals surface area contributed by atoms with E-state index in [4.69, 9.17) is 4.74 Å². The van der Waals surface area contributed by atoms with E-state index in [1.807, 2.05) is 0 Å². The number of hydrogen-bond acceptors (Lipinski definition) is 4. The van der Waals surface area contributed by atoms with Gasteiger partial charge in [0.1, 0.15) is 0 Å². The summed E-state index contributed by atoms with van der Waals surface area (Å²) in [5.41, 5.74) is 1.38. The van der Waals surface area contributed by atoms with Gasteiger partial charge in [0.2, 0.25) is 0 Å². The van der Waals surface area contributed by atoms with Crippen LogP contribution in [-0.4, -0.2) is 41.1 Å². The van der Waals surface area contributed by atoms with Crippen molar-refractivity contribution in [3.05, 3.63) is 35.9 Å². The lowest BCUT2D eigenvalue weighted by molar-refractivity contribution is -0.109. The Morgan fingerprint density at radius 2 is 1.90 bits per heavy atom. The van der Waals surface area contributed by atoms with Crippen LogP contribution in [0.3, 0.4) is 0 Å². The van der Waals surface area contributed by atoms with Gasteiger partial charge in [-0.1, -0.05) is 42.1 Å². The summed E-state index contributed by atoms with van der Waals surface area (Å²) in [5.74, 6) is 1.63. The van der Waals surface area contributed by atoms with E-state index in [0.717, 1.165) is 38.4 Å². The van der Waals surface area contributed by atoms with Gasteiger partial charge in [0.05, 0.1) is 13.2 Å². The standard InChI is InChI=1S/C17H23NO2S/c1-13(19)21-12-15-7-16-10-20-11-17(8-15)18(16)9-14-5-3-2-4-6-14/h2-6,15-17H,7-12H2,1H3. The van der Waals surface area contributed by atoms with Crippen molar-refractivity contribution >= 4 is 16.9 Å². The topological polar surface area (TPSA) is 29.5 Å². The fourth-order valence-corrected chi connectivity index (χ4v) is 4.27. The molecule has 0 amide bonds. The maximum atomic E-state index is 11.2. The summed E-state index contributed by atoms with van der Waals surface area (Å²) in [6, 6.07) is 11.7. The fourth-order valence-electron chi connectivity index (χ4n) is 3.53. The van der Waals surface area contributed by atoms with Crippen LogP contribution >= 0.6 is 11.8 Å². The molecule has 2 aliphatic heterocycles. The minimum absolute atomic E-state index is 0.239. The molecule has 0 radical (unpaired) electrons. The van der Waals surface area contributed by atoms with Crippen molar-refractivity contribution in [3.8, 4) is 0 Å². The van der Waals surface area contributed by atoms with Gasteiger partial charge in [-0.15, -0.1) is 0 Å². The number of hydrogen-bond donors (Lipinski definition) is 0. The molecular formula is C17H23NO2S. The third-order valence-corrected chi connectivity index (χ3v) is 5.54. The van der Waals surface area contributed by atoms with Gasteiger partial charge in [0, 0.05) is 31.3 Å². The zero-order valence-corrected chi connectivity index (χ0v) is 13.3. The largest absolute Gasteiger partial charge is 0.378 e. The molecule has 3 rings (SSSR count). The highest BCUT2D eigenvalue weighted by molar-refractivity contribution is 8.13. The molecule has 0 aliphatic carbocycles. The van der Waals surface area contributed by atoms with Crippen LogP contribution < -0.4 is 0 Å². The molecule has 2 unspecified atom stereocenters. The molecule has 0 saturated carbocycles. The highest BCUT2D eigenvalue weighted by atomic mass is 32.2. The molecule has 3 nitrogen and oxygen atoms in total. The van der Waals surface area contributed by atoms with Gasteiger partial charge in [-0.05, 0) is 24.3 Å². The Balaban J connectivity index is 1.63. The summed E-state index contributed by atoms with van der Waals surface area (Å²) in [6.45, 7) is 4.36. The minimum Gasteiger partial charge on any atom is -0.378 e. The summed E-state index contributed by atoms with van der Waals surface area (Å²) in [6.07, 6.45) is 2.31. The normalized spacial score (nSPS) is 29.3. The van der Waals surface area contributed by atoms with E-state index in [2.05, 4.69) is 35.2 Å². The molecule has 4 heteroatoms. The van der Waals surface area contributed by atoms with Gasteiger partial charge in [0.25, 0.3) is 0 Å². The second-order valence-electron chi connectivity index (χ2n) is 6.14. The van der Waals surface area contributed by atoms with Crippen molar-refractivity contribution in [1.29, 1.82) is 0 Å². The molecule has 2 atom stereocenters. The predicted molar refractivity (Wildman–Crippen MR) is 86.2 cm³/mol. The Kier molecular flexibility index (Phi) is 4.99. The Labute approximate surface area is 131 Å². The van der Waals surface area contributed by atoms with E-state index in [1.54, 1.807) is 6.92 Å².